The fourth-order valence-electron chi connectivity index (χ4n) is 2.32. The normalized spacial score (nSPS) is 16.8. The molecule has 6 nitrogen and oxygen atoms in total. The minimum absolute atomic E-state index is 0.568. The molecule has 0 saturated carbocycles. The third-order valence-electron chi connectivity index (χ3n) is 3.24. The number of nitrogens with one attached hydrogen (secondary N) is 2. The summed E-state index contributed by atoms with van der Waals surface area (Å²) in [5.41, 5.74) is 3.52. The SMILES string of the molecule is C1=NCC2=C1c1nc(Nc3ncccn3)sc1CNC2. The van der Waals surface area contributed by atoms with Crippen molar-refractivity contribution in [3.05, 3.63) is 34.6 Å². The van der Waals surface area contributed by atoms with Gasteiger partial charge < -0.3 is 10.6 Å². The molecule has 4 rings (SSSR count). The molecule has 7 heteroatoms. The van der Waals surface area contributed by atoms with E-state index in [1.54, 1.807) is 29.8 Å². The van der Waals surface area contributed by atoms with Crippen molar-refractivity contribution in [1.82, 2.24) is 20.3 Å². The molecule has 2 aromatic rings. The molecular weight excluding hydrogens is 272 g/mol. The Kier molecular flexibility index (Phi) is 2.79. The topological polar surface area (TPSA) is 75.1 Å². The summed E-state index contributed by atoms with van der Waals surface area (Å²) in [6.07, 6.45) is 5.35. The third kappa shape index (κ3) is 2.00. The number of hydrogen-bond acceptors (Lipinski definition) is 7. The smallest absolute Gasteiger partial charge is 0.228 e. The first-order valence-corrected chi connectivity index (χ1v) is 7.18. The van der Waals surface area contributed by atoms with Gasteiger partial charge in [0.1, 0.15) is 0 Å². The van der Waals surface area contributed by atoms with E-state index in [2.05, 4.69) is 30.6 Å². The quantitative estimate of drug-likeness (QED) is 0.876. The van der Waals surface area contributed by atoms with Crippen molar-refractivity contribution < 1.29 is 0 Å². The van der Waals surface area contributed by atoms with Crippen molar-refractivity contribution in [1.29, 1.82) is 0 Å². The van der Waals surface area contributed by atoms with Crippen LogP contribution < -0.4 is 10.6 Å². The summed E-state index contributed by atoms with van der Waals surface area (Å²) in [6, 6.07) is 1.79. The Balaban J connectivity index is 1.70. The number of rotatable bonds is 2. The maximum Gasteiger partial charge on any atom is 0.228 e. The number of thiazole rings is 1. The van der Waals surface area contributed by atoms with Gasteiger partial charge in [0.05, 0.1) is 12.2 Å². The highest BCUT2D eigenvalue weighted by Gasteiger charge is 2.22. The van der Waals surface area contributed by atoms with Crippen molar-refractivity contribution in [2.45, 2.75) is 6.54 Å². The van der Waals surface area contributed by atoms with Gasteiger partial charge in [0.15, 0.2) is 5.13 Å². The predicted octanol–water partition coefficient (Wildman–Crippen LogP) is 1.62. The Hall–Kier alpha value is -2.12. The monoisotopic (exact) mass is 284 g/mol. The average Bonchev–Trinajstić information content (AvgIpc) is 3.04. The number of hydrogen-bond donors (Lipinski definition) is 2. The second-order valence-electron chi connectivity index (χ2n) is 4.58. The van der Waals surface area contributed by atoms with Crippen LogP contribution in [0.25, 0.3) is 5.57 Å². The van der Waals surface area contributed by atoms with Crippen LogP contribution >= 0.6 is 11.3 Å². The zero-order chi connectivity index (χ0) is 13.4. The Labute approximate surface area is 119 Å². The van der Waals surface area contributed by atoms with E-state index in [1.165, 1.54) is 16.0 Å². The second kappa shape index (κ2) is 4.77. The molecule has 0 fully saturated rings. The van der Waals surface area contributed by atoms with Crippen LogP contribution in [0, 0.1) is 0 Å². The highest BCUT2D eigenvalue weighted by atomic mass is 32.1. The molecule has 0 saturated heterocycles. The highest BCUT2D eigenvalue weighted by molar-refractivity contribution is 7.15. The third-order valence-corrected chi connectivity index (χ3v) is 4.22. The number of anilines is 2. The van der Waals surface area contributed by atoms with E-state index in [0.717, 1.165) is 30.5 Å². The first-order valence-electron chi connectivity index (χ1n) is 6.37. The standard InChI is InChI=1S/C13H12N6S/c1-2-16-12(17-3-1)19-13-18-11-9-6-14-4-8(9)5-15-7-10(11)20-13/h1-3,6,15H,4-5,7H2,(H,16,17,18,19). The molecule has 0 unspecified atom stereocenters. The molecule has 0 bridgehead atoms. The van der Waals surface area contributed by atoms with Crippen molar-refractivity contribution in [3.8, 4) is 0 Å². The lowest BCUT2D eigenvalue weighted by Gasteiger charge is -2.01. The summed E-state index contributed by atoms with van der Waals surface area (Å²) in [7, 11) is 0. The maximum absolute atomic E-state index is 4.69. The Morgan fingerprint density at radius 3 is 3.00 bits per heavy atom. The number of aliphatic imine (C=N–C) groups is 1. The summed E-state index contributed by atoms with van der Waals surface area (Å²) in [5, 5.41) is 7.39. The van der Waals surface area contributed by atoms with Gasteiger partial charge in [-0.3, -0.25) is 4.99 Å². The molecule has 4 heterocycles. The Morgan fingerprint density at radius 2 is 2.10 bits per heavy atom. The molecule has 20 heavy (non-hydrogen) atoms. The van der Waals surface area contributed by atoms with Crippen LogP contribution in [0.1, 0.15) is 10.6 Å². The van der Waals surface area contributed by atoms with E-state index in [9.17, 15) is 0 Å². The molecule has 0 atom stereocenters. The summed E-state index contributed by atoms with van der Waals surface area (Å²) >= 11 is 1.63. The molecule has 0 amide bonds. The molecule has 2 aliphatic heterocycles. The lowest BCUT2D eigenvalue weighted by atomic mass is 10.1. The van der Waals surface area contributed by atoms with Crippen LogP contribution in [-0.2, 0) is 6.54 Å². The molecule has 2 aromatic heterocycles. The average molecular weight is 284 g/mol. The van der Waals surface area contributed by atoms with Gasteiger partial charge in [0, 0.05) is 42.1 Å². The molecule has 2 N–H and O–H groups in total. The van der Waals surface area contributed by atoms with Gasteiger partial charge in [0.2, 0.25) is 5.95 Å². The van der Waals surface area contributed by atoms with Crippen molar-refractivity contribution in [2.75, 3.05) is 18.4 Å². The Morgan fingerprint density at radius 1 is 1.20 bits per heavy atom. The number of aromatic nitrogens is 3. The van der Waals surface area contributed by atoms with Gasteiger partial charge in [-0.2, -0.15) is 0 Å². The highest BCUT2D eigenvalue weighted by Crippen LogP contribution is 2.33. The molecular formula is C13H12N6S. The van der Waals surface area contributed by atoms with E-state index in [-0.39, 0.29) is 0 Å². The van der Waals surface area contributed by atoms with Gasteiger partial charge in [-0.1, -0.05) is 11.3 Å². The molecule has 100 valence electrons. The van der Waals surface area contributed by atoms with Crippen LogP contribution in [0.15, 0.2) is 29.0 Å². The van der Waals surface area contributed by atoms with Gasteiger partial charge in [0.25, 0.3) is 0 Å². The molecule has 0 aromatic carbocycles. The van der Waals surface area contributed by atoms with Crippen molar-refractivity contribution in [3.63, 3.8) is 0 Å². The van der Waals surface area contributed by atoms with Gasteiger partial charge in [-0.25, -0.2) is 15.0 Å². The van der Waals surface area contributed by atoms with Crippen molar-refractivity contribution in [2.24, 2.45) is 4.99 Å². The minimum atomic E-state index is 0.568. The summed E-state index contributed by atoms with van der Waals surface area (Å²) in [5.74, 6) is 0.568. The summed E-state index contributed by atoms with van der Waals surface area (Å²) in [6.45, 7) is 2.51. The van der Waals surface area contributed by atoms with Crippen molar-refractivity contribution >= 4 is 34.2 Å². The van der Waals surface area contributed by atoms with Gasteiger partial charge >= 0.3 is 0 Å². The molecule has 0 spiro atoms. The number of fused-ring (bicyclic) bond motifs is 2. The van der Waals surface area contributed by atoms with E-state index in [0.29, 0.717) is 5.95 Å². The van der Waals surface area contributed by atoms with Crippen LogP contribution in [-0.4, -0.2) is 34.3 Å². The first-order chi connectivity index (χ1) is 9.90. The molecule has 2 aliphatic rings. The fourth-order valence-corrected chi connectivity index (χ4v) is 3.26. The predicted molar refractivity (Wildman–Crippen MR) is 79.4 cm³/mol. The van der Waals surface area contributed by atoms with E-state index in [1.807, 2.05) is 6.21 Å². The Bertz CT molecular complexity index is 703. The first kappa shape index (κ1) is 11.7. The second-order valence-corrected chi connectivity index (χ2v) is 5.66. The van der Waals surface area contributed by atoms with Crippen LogP contribution in [0.2, 0.25) is 0 Å². The zero-order valence-electron chi connectivity index (χ0n) is 10.6. The number of nitrogens with zero attached hydrogens (tertiary/aromatic N) is 4. The van der Waals surface area contributed by atoms with Gasteiger partial charge in [-0.15, -0.1) is 0 Å². The fraction of sp³-hybridized carbons (Fsp3) is 0.231. The van der Waals surface area contributed by atoms with Gasteiger partial charge in [-0.05, 0) is 11.6 Å². The minimum Gasteiger partial charge on any atom is -0.308 e. The van der Waals surface area contributed by atoms with E-state index < -0.39 is 0 Å². The number of allylic oxidation sites excluding steroid dienone is 1. The maximum atomic E-state index is 4.69. The largest absolute Gasteiger partial charge is 0.308 e. The van der Waals surface area contributed by atoms with Crippen LogP contribution in [0.3, 0.4) is 0 Å². The lowest BCUT2D eigenvalue weighted by molar-refractivity contribution is 0.749. The summed E-state index contributed by atoms with van der Waals surface area (Å²) in [4.78, 5) is 18.6. The van der Waals surface area contributed by atoms with Crippen LogP contribution in [0.4, 0.5) is 11.1 Å². The van der Waals surface area contributed by atoms with E-state index >= 15 is 0 Å². The van der Waals surface area contributed by atoms with Crippen LogP contribution in [0.5, 0.6) is 0 Å². The zero-order valence-corrected chi connectivity index (χ0v) is 11.4. The molecule has 0 radical (unpaired) electrons. The lowest BCUT2D eigenvalue weighted by Crippen LogP contribution is -2.15. The summed E-state index contributed by atoms with van der Waals surface area (Å²) < 4.78 is 0. The van der Waals surface area contributed by atoms with E-state index in [4.69, 9.17) is 0 Å². The molecule has 0 aliphatic carbocycles.